The minimum absolute atomic E-state index is 0.524. The van der Waals surface area contributed by atoms with Crippen LogP contribution in [-0.2, 0) is 6.54 Å². The number of aryl methyl sites for hydroxylation is 1. The molecule has 3 nitrogen and oxygen atoms in total. The average Bonchev–Trinajstić information content (AvgIpc) is 2.45. The highest BCUT2D eigenvalue weighted by molar-refractivity contribution is 5.42. The van der Waals surface area contributed by atoms with E-state index in [4.69, 9.17) is 4.98 Å². The van der Waals surface area contributed by atoms with Crippen LogP contribution in [0.25, 0.3) is 0 Å². The summed E-state index contributed by atoms with van der Waals surface area (Å²) in [5.41, 5.74) is 2.98. The summed E-state index contributed by atoms with van der Waals surface area (Å²) in [5, 5.41) is 3.37. The number of hydrogen-bond acceptors (Lipinski definition) is 3. The van der Waals surface area contributed by atoms with Crippen LogP contribution >= 0.6 is 0 Å². The third-order valence-electron chi connectivity index (χ3n) is 4.96. The van der Waals surface area contributed by atoms with Crippen molar-refractivity contribution in [3.8, 4) is 0 Å². The van der Waals surface area contributed by atoms with Crippen molar-refractivity contribution in [1.29, 1.82) is 0 Å². The van der Waals surface area contributed by atoms with E-state index in [-0.39, 0.29) is 0 Å². The summed E-state index contributed by atoms with van der Waals surface area (Å²) in [7, 11) is 2.20. The van der Waals surface area contributed by atoms with E-state index in [1.165, 1.54) is 31.2 Å². The van der Waals surface area contributed by atoms with Crippen molar-refractivity contribution in [2.75, 3.05) is 18.5 Å². The maximum absolute atomic E-state index is 4.82. The van der Waals surface area contributed by atoms with E-state index in [2.05, 4.69) is 57.1 Å². The van der Waals surface area contributed by atoms with Crippen LogP contribution in [0.1, 0.15) is 57.7 Å². The number of pyridine rings is 1. The molecular formula is C18H31N3. The van der Waals surface area contributed by atoms with Crippen LogP contribution in [0.15, 0.2) is 12.1 Å². The van der Waals surface area contributed by atoms with Crippen LogP contribution in [0.3, 0.4) is 0 Å². The standard InChI is InChI=1S/C18H31N3/c1-6-19-13-15-7-8-17(20-14(15)2)21(5)16-9-11-18(3,4)12-10-16/h7-8,16,19H,6,9-13H2,1-5H3. The molecule has 118 valence electrons. The fourth-order valence-electron chi connectivity index (χ4n) is 3.18. The van der Waals surface area contributed by atoms with Gasteiger partial charge in [0, 0.05) is 25.3 Å². The fraction of sp³-hybridized carbons (Fsp3) is 0.722. The minimum atomic E-state index is 0.524. The van der Waals surface area contributed by atoms with Crippen LogP contribution in [0, 0.1) is 12.3 Å². The summed E-state index contributed by atoms with van der Waals surface area (Å²) >= 11 is 0. The quantitative estimate of drug-likeness (QED) is 0.891. The number of anilines is 1. The second kappa shape index (κ2) is 6.78. The van der Waals surface area contributed by atoms with E-state index in [1.807, 2.05) is 0 Å². The Morgan fingerprint density at radius 1 is 1.29 bits per heavy atom. The molecule has 0 aliphatic heterocycles. The molecule has 0 saturated heterocycles. The monoisotopic (exact) mass is 289 g/mol. The lowest BCUT2D eigenvalue weighted by Gasteiger charge is -2.39. The van der Waals surface area contributed by atoms with Gasteiger partial charge in [0.15, 0.2) is 0 Å². The molecule has 1 fully saturated rings. The van der Waals surface area contributed by atoms with Crippen molar-refractivity contribution in [3.63, 3.8) is 0 Å². The molecule has 0 bridgehead atoms. The van der Waals surface area contributed by atoms with E-state index in [9.17, 15) is 0 Å². The molecule has 0 atom stereocenters. The van der Waals surface area contributed by atoms with Gasteiger partial charge in [-0.25, -0.2) is 4.98 Å². The summed E-state index contributed by atoms with van der Waals surface area (Å²) in [6.45, 7) is 10.9. The summed E-state index contributed by atoms with van der Waals surface area (Å²) in [6, 6.07) is 5.05. The van der Waals surface area contributed by atoms with Gasteiger partial charge < -0.3 is 10.2 Å². The van der Waals surface area contributed by atoms with E-state index in [1.54, 1.807) is 0 Å². The zero-order chi connectivity index (χ0) is 15.5. The van der Waals surface area contributed by atoms with Crippen molar-refractivity contribution >= 4 is 5.82 Å². The molecule has 1 heterocycles. The number of hydrogen-bond donors (Lipinski definition) is 1. The predicted molar refractivity (Wildman–Crippen MR) is 90.8 cm³/mol. The molecule has 1 aromatic rings. The SMILES string of the molecule is CCNCc1ccc(N(C)C2CCC(C)(C)CC2)nc1C. The third-order valence-corrected chi connectivity index (χ3v) is 4.96. The van der Waals surface area contributed by atoms with Crippen LogP contribution in [0.2, 0.25) is 0 Å². The summed E-state index contributed by atoms with van der Waals surface area (Å²) in [6.07, 6.45) is 5.20. The number of rotatable bonds is 5. The summed E-state index contributed by atoms with van der Waals surface area (Å²) < 4.78 is 0. The van der Waals surface area contributed by atoms with Crippen LogP contribution in [0.4, 0.5) is 5.82 Å². The highest BCUT2D eigenvalue weighted by Crippen LogP contribution is 2.37. The van der Waals surface area contributed by atoms with Gasteiger partial charge >= 0.3 is 0 Å². The van der Waals surface area contributed by atoms with Gasteiger partial charge in [0.2, 0.25) is 0 Å². The van der Waals surface area contributed by atoms with Crippen molar-refractivity contribution < 1.29 is 0 Å². The van der Waals surface area contributed by atoms with Crippen molar-refractivity contribution in [3.05, 3.63) is 23.4 Å². The Morgan fingerprint density at radius 2 is 1.95 bits per heavy atom. The number of aromatic nitrogens is 1. The second-order valence-electron chi connectivity index (χ2n) is 7.20. The Hall–Kier alpha value is -1.09. The Bertz CT molecular complexity index is 458. The maximum Gasteiger partial charge on any atom is 0.128 e. The molecule has 0 spiro atoms. The lowest BCUT2D eigenvalue weighted by atomic mass is 9.75. The minimum Gasteiger partial charge on any atom is -0.357 e. The molecule has 3 heteroatoms. The van der Waals surface area contributed by atoms with Crippen molar-refractivity contribution in [2.45, 2.75) is 66.0 Å². The average molecular weight is 289 g/mol. The van der Waals surface area contributed by atoms with Gasteiger partial charge in [-0.1, -0.05) is 26.8 Å². The largest absolute Gasteiger partial charge is 0.357 e. The molecule has 1 aromatic heterocycles. The lowest BCUT2D eigenvalue weighted by Crippen LogP contribution is -2.37. The first-order chi connectivity index (χ1) is 9.93. The summed E-state index contributed by atoms with van der Waals surface area (Å²) in [5.74, 6) is 1.12. The molecule has 2 rings (SSSR count). The molecule has 1 aliphatic rings. The van der Waals surface area contributed by atoms with Crippen molar-refractivity contribution in [2.24, 2.45) is 5.41 Å². The van der Waals surface area contributed by atoms with Gasteiger partial charge in [-0.15, -0.1) is 0 Å². The van der Waals surface area contributed by atoms with E-state index < -0.39 is 0 Å². The Morgan fingerprint density at radius 3 is 2.52 bits per heavy atom. The summed E-state index contributed by atoms with van der Waals surface area (Å²) in [4.78, 5) is 7.21. The molecule has 0 aromatic carbocycles. The van der Waals surface area contributed by atoms with E-state index in [0.29, 0.717) is 11.5 Å². The molecule has 1 N–H and O–H groups in total. The first-order valence-corrected chi connectivity index (χ1v) is 8.33. The molecule has 0 unspecified atom stereocenters. The first-order valence-electron chi connectivity index (χ1n) is 8.33. The van der Waals surface area contributed by atoms with Gasteiger partial charge in [-0.3, -0.25) is 0 Å². The fourth-order valence-corrected chi connectivity index (χ4v) is 3.18. The second-order valence-corrected chi connectivity index (χ2v) is 7.20. The van der Waals surface area contributed by atoms with E-state index in [0.717, 1.165) is 24.6 Å². The third kappa shape index (κ3) is 4.19. The normalized spacial score (nSPS) is 18.7. The van der Waals surface area contributed by atoms with Gasteiger partial charge in [-0.05, 0) is 56.2 Å². The molecule has 0 amide bonds. The lowest BCUT2D eigenvalue weighted by molar-refractivity contribution is 0.222. The number of nitrogens with one attached hydrogen (secondary N) is 1. The number of nitrogens with zero attached hydrogens (tertiary/aromatic N) is 2. The van der Waals surface area contributed by atoms with Gasteiger partial charge in [0.25, 0.3) is 0 Å². The van der Waals surface area contributed by atoms with Crippen LogP contribution in [0.5, 0.6) is 0 Å². The molecule has 1 saturated carbocycles. The smallest absolute Gasteiger partial charge is 0.128 e. The highest BCUT2D eigenvalue weighted by atomic mass is 15.2. The van der Waals surface area contributed by atoms with Crippen molar-refractivity contribution in [1.82, 2.24) is 10.3 Å². The van der Waals surface area contributed by atoms with Crippen LogP contribution < -0.4 is 10.2 Å². The van der Waals surface area contributed by atoms with E-state index >= 15 is 0 Å². The Kier molecular flexibility index (Phi) is 5.26. The molecule has 21 heavy (non-hydrogen) atoms. The molecule has 0 radical (unpaired) electrons. The first kappa shape index (κ1) is 16.3. The maximum atomic E-state index is 4.82. The molecular weight excluding hydrogens is 258 g/mol. The molecule has 1 aliphatic carbocycles. The zero-order valence-corrected chi connectivity index (χ0v) is 14.4. The van der Waals surface area contributed by atoms with Gasteiger partial charge in [0.1, 0.15) is 5.82 Å². The Balaban J connectivity index is 2.03. The topological polar surface area (TPSA) is 28.2 Å². The predicted octanol–water partition coefficient (Wildman–Crippen LogP) is 3.90. The van der Waals surface area contributed by atoms with Crippen LogP contribution in [-0.4, -0.2) is 24.6 Å². The highest BCUT2D eigenvalue weighted by Gasteiger charge is 2.29. The Labute approximate surface area is 130 Å². The van der Waals surface area contributed by atoms with Gasteiger partial charge in [-0.2, -0.15) is 0 Å². The zero-order valence-electron chi connectivity index (χ0n) is 14.4. The van der Waals surface area contributed by atoms with Gasteiger partial charge in [0.05, 0.1) is 0 Å².